The summed E-state index contributed by atoms with van der Waals surface area (Å²) in [4.78, 5) is 28.3. The van der Waals surface area contributed by atoms with E-state index in [1.807, 2.05) is 60.7 Å². The van der Waals surface area contributed by atoms with Gasteiger partial charge in [0.15, 0.2) is 0 Å². The fourth-order valence-corrected chi connectivity index (χ4v) is 2.53. The second-order valence-electron chi connectivity index (χ2n) is 6.11. The molecule has 0 bridgehead atoms. The molecule has 3 rings (SSSR count). The number of aryl methyl sites for hydroxylation is 1. The smallest absolute Gasteiger partial charge is 0.355 e. The molecule has 0 aliphatic carbocycles. The zero-order chi connectivity index (χ0) is 19.9. The third-order valence-corrected chi connectivity index (χ3v) is 3.89. The predicted molar refractivity (Wildman–Crippen MR) is 105 cm³/mol. The van der Waals surface area contributed by atoms with Crippen LogP contribution < -0.4 is 5.32 Å². The average molecular weight is 376 g/mol. The Hall–Kier alpha value is -3.67. The lowest BCUT2D eigenvalue weighted by Crippen LogP contribution is -2.26. The van der Waals surface area contributed by atoms with Crippen LogP contribution in [-0.4, -0.2) is 16.9 Å². The Morgan fingerprint density at radius 2 is 1.71 bits per heavy atom. The number of rotatable bonds is 6. The van der Waals surface area contributed by atoms with Crippen molar-refractivity contribution >= 4 is 18.0 Å². The topological polar surface area (TPSA) is 81.4 Å². The molecule has 3 aromatic rings. The predicted octanol–water partition coefficient (Wildman–Crippen LogP) is 3.87. The molecule has 0 spiro atoms. The Morgan fingerprint density at radius 3 is 2.36 bits per heavy atom. The summed E-state index contributed by atoms with van der Waals surface area (Å²) in [5.41, 5.74) is 2.19. The molecule has 0 atom stereocenters. The van der Waals surface area contributed by atoms with Gasteiger partial charge in [0.05, 0.1) is 0 Å². The first-order valence-corrected chi connectivity index (χ1v) is 8.76. The maximum absolute atomic E-state index is 12.5. The molecule has 6 heteroatoms. The summed E-state index contributed by atoms with van der Waals surface area (Å²) in [6.07, 6.45) is 1.56. The Balaban J connectivity index is 1.73. The lowest BCUT2D eigenvalue weighted by atomic mass is 10.2. The molecule has 1 heterocycles. The number of aromatic nitrogens is 1. The molecular formula is C22H20N2O4. The first-order chi connectivity index (χ1) is 13.5. The molecule has 1 amide bonds. The monoisotopic (exact) mass is 376 g/mol. The van der Waals surface area contributed by atoms with Gasteiger partial charge in [0.25, 0.3) is 0 Å². The molecule has 0 fully saturated rings. The van der Waals surface area contributed by atoms with E-state index in [-0.39, 0.29) is 18.2 Å². The summed E-state index contributed by atoms with van der Waals surface area (Å²) in [5.74, 6) is 0.0247. The normalized spacial score (nSPS) is 11.1. The maximum atomic E-state index is 12.5. The minimum Gasteiger partial charge on any atom is -0.454 e. The quantitative estimate of drug-likeness (QED) is 0.522. The minimum absolute atomic E-state index is 0.0585. The van der Waals surface area contributed by atoms with Gasteiger partial charge in [-0.25, -0.2) is 9.78 Å². The van der Waals surface area contributed by atoms with E-state index >= 15 is 0 Å². The number of nitrogens with one attached hydrogen (secondary N) is 1. The largest absolute Gasteiger partial charge is 0.454 e. The average Bonchev–Trinajstić information content (AvgIpc) is 3.07. The highest BCUT2D eigenvalue weighted by molar-refractivity contribution is 5.97. The van der Waals surface area contributed by atoms with Crippen molar-refractivity contribution in [2.45, 2.75) is 20.5 Å². The number of hydrogen-bond donors (Lipinski definition) is 1. The number of benzene rings is 2. The lowest BCUT2D eigenvalue weighted by Gasteiger charge is -2.08. The summed E-state index contributed by atoms with van der Waals surface area (Å²) in [6.45, 7) is 3.03. The second kappa shape index (κ2) is 8.81. The van der Waals surface area contributed by atoms with Gasteiger partial charge >= 0.3 is 5.97 Å². The number of hydrogen-bond acceptors (Lipinski definition) is 5. The van der Waals surface area contributed by atoms with Gasteiger partial charge in [0.1, 0.15) is 23.8 Å². The third-order valence-electron chi connectivity index (χ3n) is 3.89. The van der Waals surface area contributed by atoms with E-state index in [0.29, 0.717) is 17.3 Å². The van der Waals surface area contributed by atoms with Crippen molar-refractivity contribution in [3.63, 3.8) is 0 Å². The van der Waals surface area contributed by atoms with E-state index in [1.54, 1.807) is 13.0 Å². The SMILES string of the molecule is CC(=O)N/C(=C\c1ccccc1)C(=O)OCc1nc(-c2ccccc2)oc1C. The highest BCUT2D eigenvalue weighted by Crippen LogP contribution is 2.22. The van der Waals surface area contributed by atoms with Crippen molar-refractivity contribution in [3.8, 4) is 11.5 Å². The molecule has 0 unspecified atom stereocenters. The van der Waals surface area contributed by atoms with E-state index in [9.17, 15) is 9.59 Å². The first-order valence-electron chi connectivity index (χ1n) is 8.76. The van der Waals surface area contributed by atoms with Crippen molar-refractivity contribution in [2.75, 3.05) is 0 Å². The number of ether oxygens (including phenoxy) is 1. The van der Waals surface area contributed by atoms with E-state index in [4.69, 9.17) is 9.15 Å². The van der Waals surface area contributed by atoms with Crippen molar-refractivity contribution < 1.29 is 18.7 Å². The Morgan fingerprint density at radius 1 is 1.07 bits per heavy atom. The van der Waals surface area contributed by atoms with Crippen LogP contribution in [0.1, 0.15) is 23.9 Å². The van der Waals surface area contributed by atoms with Gasteiger partial charge in [0, 0.05) is 12.5 Å². The van der Waals surface area contributed by atoms with Gasteiger partial charge in [-0.2, -0.15) is 0 Å². The molecule has 2 aromatic carbocycles. The van der Waals surface area contributed by atoms with Crippen LogP contribution in [-0.2, 0) is 20.9 Å². The molecule has 142 valence electrons. The molecular weight excluding hydrogens is 356 g/mol. The van der Waals surface area contributed by atoms with E-state index < -0.39 is 5.97 Å². The van der Waals surface area contributed by atoms with Gasteiger partial charge in [-0.1, -0.05) is 48.5 Å². The third kappa shape index (κ3) is 4.94. The standard InChI is InChI=1S/C22H20N2O4/c1-15-20(24-21(28-15)18-11-7-4-8-12-18)14-27-22(26)19(23-16(2)25)13-17-9-5-3-6-10-17/h3-13H,14H2,1-2H3,(H,23,25)/b19-13-. The van der Waals surface area contributed by atoms with E-state index in [1.165, 1.54) is 6.92 Å². The molecule has 6 nitrogen and oxygen atoms in total. The Bertz CT molecular complexity index is 992. The number of oxazole rings is 1. The Kier molecular flexibility index (Phi) is 6.01. The Labute approximate surface area is 162 Å². The molecule has 0 saturated heterocycles. The first kappa shape index (κ1) is 19.1. The molecule has 1 aromatic heterocycles. The van der Waals surface area contributed by atoms with Crippen LogP contribution in [0, 0.1) is 6.92 Å². The van der Waals surface area contributed by atoms with Crippen LogP contribution >= 0.6 is 0 Å². The number of carbonyl (C=O) groups excluding carboxylic acids is 2. The molecule has 0 saturated carbocycles. The molecule has 0 aliphatic heterocycles. The van der Waals surface area contributed by atoms with Crippen LogP contribution in [0.3, 0.4) is 0 Å². The summed E-state index contributed by atoms with van der Waals surface area (Å²) in [5, 5.41) is 2.51. The molecule has 0 aliphatic rings. The zero-order valence-electron chi connectivity index (χ0n) is 15.6. The van der Waals surface area contributed by atoms with Gasteiger partial charge in [-0.15, -0.1) is 0 Å². The second-order valence-corrected chi connectivity index (χ2v) is 6.11. The fourth-order valence-electron chi connectivity index (χ4n) is 2.53. The minimum atomic E-state index is -0.650. The van der Waals surface area contributed by atoms with Crippen LogP contribution in [0.4, 0.5) is 0 Å². The fraction of sp³-hybridized carbons (Fsp3) is 0.136. The van der Waals surface area contributed by atoms with Gasteiger partial charge in [-0.05, 0) is 30.7 Å². The summed E-state index contributed by atoms with van der Waals surface area (Å²) in [6, 6.07) is 18.7. The van der Waals surface area contributed by atoms with Gasteiger partial charge < -0.3 is 14.5 Å². The summed E-state index contributed by atoms with van der Waals surface area (Å²) in [7, 11) is 0. The van der Waals surface area contributed by atoms with Crippen LogP contribution in [0.25, 0.3) is 17.5 Å². The summed E-state index contributed by atoms with van der Waals surface area (Å²) >= 11 is 0. The molecule has 1 N–H and O–H groups in total. The van der Waals surface area contributed by atoms with Gasteiger partial charge in [0.2, 0.25) is 11.8 Å². The van der Waals surface area contributed by atoms with E-state index in [2.05, 4.69) is 10.3 Å². The van der Waals surface area contributed by atoms with Crippen molar-refractivity contribution in [3.05, 3.63) is 83.4 Å². The van der Waals surface area contributed by atoms with Crippen LogP contribution in [0.5, 0.6) is 0 Å². The zero-order valence-corrected chi connectivity index (χ0v) is 15.6. The molecule has 0 radical (unpaired) electrons. The number of esters is 1. The van der Waals surface area contributed by atoms with Crippen molar-refractivity contribution in [1.82, 2.24) is 10.3 Å². The van der Waals surface area contributed by atoms with Crippen molar-refractivity contribution in [1.29, 1.82) is 0 Å². The summed E-state index contributed by atoms with van der Waals surface area (Å²) < 4.78 is 11.0. The highest BCUT2D eigenvalue weighted by Gasteiger charge is 2.17. The highest BCUT2D eigenvalue weighted by atomic mass is 16.5. The van der Waals surface area contributed by atoms with Gasteiger partial charge in [-0.3, -0.25) is 4.79 Å². The number of carbonyl (C=O) groups is 2. The van der Waals surface area contributed by atoms with Crippen molar-refractivity contribution in [2.24, 2.45) is 0 Å². The molecule has 28 heavy (non-hydrogen) atoms. The van der Waals surface area contributed by atoms with E-state index in [0.717, 1.165) is 11.1 Å². The lowest BCUT2D eigenvalue weighted by molar-refractivity contribution is -0.141. The van der Waals surface area contributed by atoms with Crippen LogP contribution in [0.2, 0.25) is 0 Å². The number of amides is 1. The number of nitrogens with zero attached hydrogens (tertiary/aromatic N) is 1. The van der Waals surface area contributed by atoms with Crippen LogP contribution in [0.15, 0.2) is 70.8 Å². The maximum Gasteiger partial charge on any atom is 0.355 e.